The summed E-state index contributed by atoms with van der Waals surface area (Å²) in [4.78, 5) is 23.5. The minimum absolute atomic E-state index is 0.146. The van der Waals surface area contributed by atoms with E-state index in [4.69, 9.17) is 15.2 Å². The first-order valence-corrected chi connectivity index (χ1v) is 7.82. The molecule has 9 heteroatoms. The van der Waals surface area contributed by atoms with Crippen molar-refractivity contribution in [2.24, 2.45) is 5.73 Å². The summed E-state index contributed by atoms with van der Waals surface area (Å²) in [7, 11) is 1.24. The third-order valence-corrected chi connectivity index (χ3v) is 3.36. The second kappa shape index (κ2) is 8.39. The molecule has 0 heterocycles. The van der Waals surface area contributed by atoms with Gasteiger partial charge in [0.05, 0.1) is 11.6 Å². The first kappa shape index (κ1) is 21.8. The maximum absolute atomic E-state index is 13.0. The topological polar surface area (TPSA) is 90.7 Å². The Morgan fingerprint density at radius 1 is 1.23 bits per heavy atom. The Morgan fingerprint density at radius 3 is 2.31 bits per heavy atom. The van der Waals surface area contributed by atoms with Crippen molar-refractivity contribution in [2.75, 3.05) is 7.11 Å². The van der Waals surface area contributed by atoms with Crippen LogP contribution in [0, 0.1) is 0 Å². The number of carbonyl (C=O) groups excluding carboxylic acids is 2. The van der Waals surface area contributed by atoms with Crippen molar-refractivity contribution in [3.63, 3.8) is 0 Å². The van der Waals surface area contributed by atoms with E-state index in [0.717, 1.165) is 12.1 Å². The lowest BCUT2D eigenvalue weighted by Gasteiger charge is -2.26. The highest BCUT2D eigenvalue weighted by atomic mass is 19.4. The molecule has 3 N–H and O–H groups in total. The zero-order chi connectivity index (χ0) is 20.1. The van der Waals surface area contributed by atoms with Crippen molar-refractivity contribution >= 4 is 12.0 Å². The fraction of sp³-hybridized carbons (Fsp3) is 0.529. The normalized spacial score (nSPS) is 14.4. The van der Waals surface area contributed by atoms with Crippen LogP contribution in [0.1, 0.15) is 44.4 Å². The van der Waals surface area contributed by atoms with Gasteiger partial charge in [0, 0.05) is 13.5 Å². The summed E-state index contributed by atoms with van der Waals surface area (Å²) in [5, 5.41) is 2.47. The van der Waals surface area contributed by atoms with Crippen LogP contribution >= 0.6 is 0 Å². The number of hydrogen-bond donors (Lipinski definition) is 2. The van der Waals surface area contributed by atoms with Crippen molar-refractivity contribution < 1.29 is 32.2 Å². The number of ether oxygens (including phenoxy) is 2. The molecule has 0 aliphatic carbocycles. The predicted octanol–water partition coefficient (Wildman–Crippen LogP) is 3.16. The molecule has 0 aliphatic heterocycles. The number of nitrogens with one attached hydrogen (secondary N) is 1. The van der Waals surface area contributed by atoms with Gasteiger partial charge < -0.3 is 20.5 Å². The molecule has 2 amide bonds. The lowest BCUT2D eigenvalue weighted by molar-refractivity contribution is -0.137. The van der Waals surface area contributed by atoms with Crippen molar-refractivity contribution in [3.8, 4) is 0 Å². The largest absolute Gasteiger partial charge is 0.444 e. The molecule has 0 bridgehead atoms. The quantitative estimate of drug-likeness (QED) is 0.798. The monoisotopic (exact) mass is 376 g/mol. The second-order valence-electron chi connectivity index (χ2n) is 6.68. The molecule has 2 atom stereocenters. The van der Waals surface area contributed by atoms with E-state index in [1.807, 2.05) is 0 Å². The molecule has 0 saturated carbocycles. The molecule has 1 unspecified atom stereocenters. The SMILES string of the molecule is COC(C[C@@H](NC(=O)OC(C)(C)C)c1cccc(C(F)(F)F)c1)C(N)=O. The Labute approximate surface area is 149 Å². The molecular formula is C17H23F3N2O4. The van der Waals surface area contributed by atoms with Gasteiger partial charge in [-0.25, -0.2) is 4.79 Å². The van der Waals surface area contributed by atoms with E-state index in [-0.39, 0.29) is 12.0 Å². The summed E-state index contributed by atoms with van der Waals surface area (Å²) < 4.78 is 49.0. The van der Waals surface area contributed by atoms with Crippen molar-refractivity contribution in [2.45, 2.75) is 51.1 Å². The number of amides is 2. The molecule has 1 rings (SSSR count). The molecule has 1 aromatic carbocycles. The minimum Gasteiger partial charge on any atom is -0.444 e. The number of nitrogens with two attached hydrogens (primary N) is 1. The Balaban J connectivity index is 3.15. The Morgan fingerprint density at radius 2 is 1.85 bits per heavy atom. The Kier molecular flexibility index (Phi) is 7.02. The van der Waals surface area contributed by atoms with Crippen LogP contribution in [-0.4, -0.2) is 30.8 Å². The number of halogens is 3. The zero-order valence-corrected chi connectivity index (χ0v) is 15.0. The molecule has 26 heavy (non-hydrogen) atoms. The van der Waals surface area contributed by atoms with Gasteiger partial charge in [-0.2, -0.15) is 13.2 Å². The summed E-state index contributed by atoms with van der Waals surface area (Å²) in [6, 6.07) is 3.47. The van der Waals surface area contributed by atoms with Gasteiger partial charge in [-0.05, 0) is 38.5 Å². The minimum atomic E-state index is -4.54. The van der Waals surface area contributed by atoms with Crippen LogP contribution < -0.4 is 11.1 Å². The van der Waals surface area contributed by atoms with E-state index >= 15 is 0 Å². The van der Waals surface area contributed by atoms with Crippen molar-refractivity contribution in [1.29, 1.82) is 0 Å². The van der Waals surface area contributed by atoms with E-state index in [1.165, 1.54) is 19.2 Å². The fourth-order valence-corrected chi connectivity index (χ4v) is 2.20. The molecule has 0 aromatic heterocycles. The highest BCUT2D eigenvalue weighted by Crippen LogP contribution is 2.31. The summed E-state index contributed by atoms with van der Waals surface area (Å²) in [5.74, 6) is -0.796. The fourth-order valence-electron chi connectivity index (χ4n) is 2.20. The van der Waals surface area contributed by atoms with Gasteiger partial charge in [0.1, 0.15) is 11.7 Å². The van der Waals surface area contributed by atoms with Crippen LogP contribution in [0.25, 0.3) is 0 Å². The standard InChI is InChI=1S/C17H23F3N2O4/c1-16(2,3)26-15(24)22-12(9-13(25-4)14(21)23)10-6-5-7-11(8-10)17(18,19)20/h5-8,12-13H,9H2,1-4H3,(H2,21,23)(H,22,24)/t12-,13?/m1/s1. The van der Waals surface area contributed by atoms with Gasteiger partial charge in [0.15, 0.2) is 0 Å². The number of alkyl carbamates (subject to hydrolysis) is 1. The average molecular weight is 376 g/mol. The first-order chi connectivity index (χ1) is 11.8. The zero-order valence-electron chi connectivity index (χ0n) is 15.0. The van der Waals surface area contributed by atoms with Gasteiger partial charge >= 0.3 is 12.3 Å². The number of benzene rings is 1. The maximum Gasteiger partial charge on any atom is 0.416 e. The second-order valence-corrected chi connectivity index (χ2v) is 6.68. The number of hydrogen-bond acceptors (Lipinski definition) is 4. The van der Waals surface area contributed by atoms with E-state index < -0.39 is 41.5 Å². The lowest BCUT2D eigenvalue weighted by Crippen LogP contribution is -2.39. The maximum atomic E-state index is 13.0. The highest BCUT2D eigenvalue weighted by Gasteiger charge is 2.32. The van der Waals surface area contributed by atoms with Crippen molar-refractivity contribution in [1.82, 2.24) is 5.32 Å². The number of rotatable bonds is 6. The Bertz CT molecular complexity index is 642. The molecular weight excluding hydrogens is 353 g/mol. The van der Waals surface area contributed by atoms with Crippen LogP contribution in [0.2, 0.25) is 0 Å². The van der Waals surface area contributed by atoms with E-state index in [9.17, 15) is 22.8 Å². The molecule has 0 fully saturated rings. The molecule has 0 spiro atoms. The predicted molar refractivity (Wildman–Crippen MR) is 88.2 cm³/mol. The number of primary amides is 1. The van der Waals surface area contributed by atoms with Crippen LogP contribution in [-0.2, 0) is 20.4 Å². The first-order valence-electron chi connectivity index (χ1n) is 7.82. The third kappa shape index (κ3) is 6.91. The van der Waals surface area contributed by atoms with Crippen LogP contribution in [0.3, 0.4) is 0 Å². The molecule has 0 radical (unpaired) electrons. The molecule has 6 nitrogen and oxygen atoms in total. The highest BCUT2D eigenvalue weighted by molar-refractivity contribution is 5.79. The Hall–Kier alpha value is -2.29. The number of methoxy groups -OCH3 is 1. The van der Waals surface area contributed by atoms with Crippen LogP contribution in [0.4, 0.5) is 18.0 Å². The lowest BCUT2D eigenvalue weighted by atomic mass is 9.98. The van der Waals surface area contributed by atoms with E-state index in [1.54, 1.807) is 20.8 Å². The number of alkyl halides is 3. The summed E-state index contributed by atoms with van der Waals surface area (Å²) in [5.41, 5.74) is 3.69. The van der Waals surface area contributed by atoms with Gasteiger partial charge in [0.25, 0.3) is 0 Å². The van der Waals surface area contributed by atoms with Gasteiger partial charge in [-0.1, -0.05) is 12.1 Å². The molecule has 1 aromatic rings. The van der Waals surface area contributed by atoms with E-state index in [0.29, 0.717) is 0 Å². The summed E-state index contributed by atoms with van der Waals surface area (Å²) in [6.45, 7) is 4.94. The summed E-state index contributed by atoms with van der Waals surface area (Å²) in [6.07, 6.45) is -6.62. The third-order valence-electron chi connectivity index (χ3n) is 3.36. The average Bonchev–Trinajstić information content (AvgIpc) is 2.48. The van der Waals surface area contributed by atoms with Crippen molar-refractivity contribution in [3.05, 3.63) is 35.4 Å². The van der Waals surface area contributed by atoms with E-state index in [2.05, 4.69) is 5.32 Å². The van der Waals surface area contributed by atoms with Gasteiger partial charge in [0.2, 0.25) is 5.91 Å². The molecule has 146 valence electrons. The van der Waals surface area contributed by atoms with Crippen LogP contribution in [0.5, 0.6) is 0 Å². The smallest absolute Gasteiger partial charge is 0.416 e. The van der Waals surface area contributed by atoms with Gasteiger partial charge in [-0.3, -0.25) is 4.79 Å². The summed E-state index contributed by atoms with van der Waals surface area (Å²) >= 11 is 0. The number of carbonyl (C=O) groups is 2. The molecule has 0 saturated heterocycles. The van der Waals surface area contributed by atoms with Gasteiger partial charge in [-0.15, -0.1) is 0 Å². The van der Waals surface area contributed by atoms with Crippen LogP contribution in [0.15, 0.2) is 24.3 Å². The molecule has 0 aliphatic rings.